The minimum atomic E-state index is -0.437. The maximum Gasteiger partial charge on any atom is 0.341 e. The van der Waals surface area contributed by atoms with Gasteiger partial charge in [0.1, 0.15) is 5.57 Å². The molecule has 0 N–H and O–H groups in total. The highest BCUT2D eigenvalue weighted by Gasteiger charge is 2.23. The number of terminal acetylenes is 1. The van der Waals surface area contributed by atoms with Crippen LogP contribution in [0.2, 0.25) is 0 Å². The van der Waals surface area contributed by atoms with Gasteiger partial charge in [0.15, 0.2) is 6.61 Å². The normalized spacial score (nSPS) is 15.5. The number of oxime groups is 1. The van der Waals surface area contributed by atoms with Crippen molar-refractivity contribution in [2.45, 2.75) is 19.3 Å². The number of methoxy groups -OCH3 is 2. The van der Waals surface area contributed by atoms with Gasteiger partial charge in [0.2, 0.25) is 0 Å². The van der Waals surface area contributed by atoms with Gasteiger partial charge in [0.05, 0.1) is 26.2 Å². The van der Waals surface area contributed by atoms with Crippen LogP contribution in [-0.4, -0.2) is 32.5 Å². The second-order valence-electron chi connectivity index (χ2n) is 5.01. The van der Waals surface area contributed by atoms with Crippen molar-refractivity contribution < 1.29 is 19.1 Å². The Morgan fingerprint density at radius 1 is 1.39 bits per heavy atom. The SMILES string of the molecule is C#CCO/N=C1/CCc2cccc(/C(=C\OC)C(=O)OC)c2C1. The van der Waals surface area contributed by atoms with E-state index in [0.717, 1.165) is 29.7 Å². The zero-order valence-corrected chi connectivity index (χ0v) is 13.3. The summed E-state index contributed by atoms with van der Waals surface area (Å²) in [6.45, 7) is 0.148. The number of aryl methyl sites for hydroxylation is 1. The van der Waals surface area contributed by atoms with E-state index >= 15 is 0 Å². The summed E-state index contributed by atoms with van der Waals surface area (Å²) in [5, 5.41) is 4.09. The van der Waals surface area contributed by atoms with Gasteiger partial charge in [0.25, 0.3) is 0 Å². The quantitative estimate of drug-likeness (QED) is 0.209. The lowest BCUT2D eigenvalue weighted by molar-refractivity contribution is -0.133. The number of rotatable bonds is 5. The predicted molar refractivity (Wildman–Crippen MR) is 87.7 cm³/mol. The van der Waals surface area contributed by atoms with Crippen LogP contribution in [0.3, 0.4) is 0 Å². The van der Waals surface area contributed by atoms with Gasteiger partial charge in [-0.15, -0.1) is 6.42 Å². The minimum absolute atomic E-state index is 0.148. The molecule has 0 heterocycles. The van der Waals surface area contributed by atoms with Crippen LogP contribution < -0.4 is 0 Å². The number of hydrogen-bond donors (Lipinski definition) is 0. The summed E-state index contributed by atoms with van der Waals surface area (Å²) in [7, 11) is 2.85. The van der Waals surface area contributed by atoms with E-state index in [1.165, 1.54) is 26.0 Å². The van der Waals surface area contributed by atoms with E-state index in [9.17, 15) is 4.79 Å². The van der Waals surface area contributed by atoms with Crippen molar-refractivity contribution >= 4 is 17.3 Å². The van der Waals surface area contributed by atoms with E-state index in [1.54, 1.807) is 0 Å². The number of hydrogen-bond acceptors (Lipinski definition) is 5. The first kappa shape index (κ1) is 16.6. The monoisotopic (exact) mass is 313 g/mol. The van der Waals surface area contributed by atoms with Crippen molar-refractivity contribution in [2.75, 3.05) is 20.8 Å². The van der Waals surface area contributed by atoms with Crippen LogP contribution in [0.25, 0.3) is 5.57 Å². The molecule has 2 rings (SSSR count). The van der Waals surface area contributed by atoms with Crippen LogP contribution in [0, 0.1) is 12.3 Å². The third-order valence-electron chi connectivity index (χ3n) is 3.61. The Bertz CT molecular complexity index is 683. The first-order valence-electron chi connectivity index (χ1n) is 7.24. The van der Waals surface area contributed by atoms with E-state index in [1.807, 2.05) is 12.1 Å². The van der Waals surface area contributed by atoms with Crippen molar-refractivity contribution in [1.29, 1.82) is 0 Å². The summed E-state index contributed by atoms with van der Waals surface area (Å²) in [5.41, 5.74) is 4.31. The van der Waals surface area contributed by atoms with E-state index in [4.69, 9.17) is 20.7 Å². The lowest BCUT2D eigenvalue weighted by Crippen LogP contribution is -2.17. The number of fused-ring (bicyclic) bond motifs is 1. The van der Waals surface area contributed by atoms with Crippen LogP contribution in [0.15, 0.2) is 29.6 Å². The molecule has 0 aliphatic heterocycles. The van der Waals surface area contributed by atoms with E-state index in [-0.39, 0.29) is 6.61 Å². The Morgan fingerprint density at radius 2 is 2.22 bits per heavy atom. The van der Waals surface area contributed by atoms with Crippen LogP contribution in [0.5, 0.6) is 0 Å². The summed E-state index contributed by atoms with van der Waals surface area (Å²) >= 11 is 0. The van der Waals surface area contributed by atoms with Crippen LogP contribution in [0.4, 0.5) is 0 Å². The average Bonchev–Trinajstić information content (AvgIpc) is 2.59. The topological polar surface area (TPSA) is 57.1 Å². The molecule has 120 valence electrons. The summed E-state index contributed by atoms with van der Waals surface area (Å²) in [6, 6.07) is 5.86. The van der Waals surface area contributed by atoms with Crippen molar-refractivity contribution in [1.82, 2.24) is 0 Å². The smallest absolute Gasteiger partial charge is 0.341 e. The minimum Gasteiger partial charge on any atom is -0.503 e. The molecule has 0 unspecified atom stereocenters. The fraction of sp³-hybridized carbons (Fsp3) is 0.333. The molecule has 23 heavy (non-hydrogen) atoms. The molecule has 0 radical (unpaired) electrons. The Labute approximate surface area is 135 Å². The molecule has 0 saturated heterocycles. The molecule has 1 aromatic carbocycles. The Morgan fingerprint density at radius 3 is 2.91 bits per heavy atom. The second kappa shape index (κ2) is 8.04. The lowest BCUT2D eigenvalue weighted by Gasteiger charge is -2.21. The number of carbonyl (C=O) groups excluding carboxylic acids is 1. The van der Waals surface area contributed by atoms with Crippen LogP contribution >= 0.6 is 0 Å². The van der Waals surface area contributed by atoms with Crippen molar-refractivity contribution in [3.8, 4) is 12.3 Å². The molecule has 0 fully saturated rings. The molecule has 5 heteroatoms. The zero-order chi connectivity index (χ0) is 16.7. The molecule has 0 aromatic heterocycles. The Hall–Kier alpha value is -2.74. The van der Waals surface area contributed by atoms with Gasteiger partial charge in [-0.05, 0) is 29.5 Å². The molecular weight excluding hydrogens is 294 g/mol. The van der Waals surface area contributed by atoms with Crippen molar-refractivity contribution in [3.63, 3.8) is 0 Å². The number of carbonyl (C=O) groups is 1. The molecule has 0 spiro atoms. The zero-order valence-electron chi connectivity index (χ0n) is 13.3. The lowest BCUT2D eigenvalue weighted by atomic mass is 9.85. The maximum atomic E-state index is 12.0. The molecule has 5 nitrogen and oxygen atoms in total. The van der Waals surface area contributed by atoms with E-state index < -0.39 is 5.97 Å². The second-order valence-corrected chi connectivity index (χ2v) is 5.01. The molecule has 0 amide bonds. The van der Waals surface area contributed by atoms with E-state index in [2.05, 4.69) is 17.1 Å². The fourth-order valence-corrected chi connectivity index (χ4v) is 2.59. The van der Waals surface area contributed by atoms with E-state index in [0.29, 0.717) is 12.0 Å². The maximum absolute atomic E-state index is 12.0. The van der Waals surface area contributed by atoms with Crippen molar-refractivity contribution in [3.05, 3.63) is 41.2 Å². The summed E-state index contributed by atoms with van der Waals surface area (Å²) in [4.78, 5) is 17.1. The van der Waals surface area contributed by atoms with Crippen molar-refractivity contribution in [2.24, 2.45) is 5.16 Å². The molecule has 0 bridgehead atoms. The van der Waals surface area contributed by atoms with Gasteiger partial charge in [0, 0.05) is 6.42 Å². The molecule has 1 aliphatic rings. The highest BCUT2D eigenvalue weighted by atomic mass is 16.6. The first-order valence-corrected chi connectivity index (χ1v) is 7.24. The highest BCUT2D eigenvalue weighted by Crippen LogP contribution is 2.29. The van der Waals surface area contributed by atoms with Gasteiger partial charge in [-0.2, -0.15) is 0 Å². The fourth-order valence-electron chi connectivity index (χ4n) is 2.59. The Kier molecular flexibility index (Phi) is 5.81. The largest absolute Gasteiger partial charge is 0.503 e. The van der Waals surface area contributed by atoms with Crippen LogP contribution in [0.1, 0.15) is 23.1 Å². The van der Waals surface area contributed by atoms with Crippen LogP contribution in [-0.2, 0) is 31.9 Å². The summed E-state index contributed by atoms with van der Waals surface area (Å²) in [6.07, 6.45) is 8.80. The molecule has 1 aromatic rings. The van der Waals surface area contributed by atoms with Gasteiger partial charge >= 0.3 is 5.97 Å². The first-order chi connectivity index (χ1) is 11.2. The Balaban J connectivity index is 2.38. The standard InChI is InChI=1S/C18H19NO4/c1-4-10-23-19-14-9-8-13-6-5-7-15(16(13)11-14)17(12-21-2)18(20)22-3/h1,5-7,12H,8-11H2,2-3H3/b17-12+,19-14-. The summed E-state index contributed by atoms with van der Waals surface area (Å²) < 4.78 is 9.89. The average molecular weight is 313 g/mol. The van der Waals surface area contributed by atoms with Gasteiger partial charge in [-0.1, -0.05) is 29.3 Å². The molecule has 1 aliphatic carbocycles. The molecule has 0 saturated carbocycles. The number of esters is 1. The van der Waals surface area contributed by atoms with Gasteiger partial charge in [-0.25, -0.2) is 4.79 Å². The number of benzene rings is 1. The number of ether oxygens (including phenoxy) is 2. The third kappa shape index (κ3) is 3.92. The molecular formula is C18H19NO4. The highest BCUT2D eigenvalue weighted by molar-refractivity contribution is 6.17. The number of nitrogens with zero attached hydrogens (tertiary/aromatic N) is 1. The predicted octanol–water partition coefficient (Wildman–Crippen LogP) is 2.34. The third-order valence-corrected chi connectivity index (χ3v) is 3.61. The van der Waals surface area contributed by atoms with Gasteiger partial charge < -0.3 is 14.3 Å². The van der Waals surface area contributed by atoms with Gasteiger partial charge in [-0.3, -0.25) is 0 Å². The summed E-state index contributed by atoms with van der Waals surface area (Å²) in [5.74, 6) is 1.94. The molecule has 0 atom stereocenters.